The molecular weight excluding hydrogens is 272 g/mol. The van der Waals surface area contributed by atoms with Gasteiger partial charge in [0.1, 0.15) is 0 Å². The molecule has 0 saturated heterocycles. The average Bonchev–Trinajstić information content (AvgIpc) is 3.24. The molecule has 3 heteroatoms. The Balaban J connectivity index is 1.54. The Morgan fingerprint density at radius 1 is 1.05 bits per heavy atom. The van der Waals surface area contributed by atoms with Gasteiger partial charge in [0, 0.05) is 34.6 Å². The molecule has 4 rings (SSSR count). The molecule has 1 amide bonds. The zero-order valence-corrected chi connectivity index (χ0v) is 12.3. The quantitative estimate of drug-likeness (QED) is 0.757. The number of hydrogen-bond acceptors (Lipinski definition) is 1. The molecule has 22 heavy (non-hydrogen) atoms. The first-order chi connectivity index (χ1) is 10.8. The predicted octanol–water partition coefficient (Wildman–Crippen LogP) is 3.63. The van der Waals surface area contributed by atoms with Crippen LogP contribution in [0.5, 0.6) is 0 Å². The molecule has 1 heterocycles. The third-order valence-electron chi connectivity index (χ3n) is 4.64. The number of aromatic nitrogens is 1. The van der Waals surface area contributed by atoms with E-state index < -0.39 is 0 Å². The molecule has 1 fully saturated rings. The van der Waals surface area contributed by atoms with Gasteiger partial charge in [-0.3, -0.25) is 4.79 Å². The molecule has 0 radical (unpaired) electrons. The molecule has 3 aromatic rings. The maximum Gasteiger partial charge on any atom is 0.251 e. The van der Waals surface area contributed by atoms with Crippen LogP contribution in [0.2, 0.25) is 0 Å². The molecule has 1 aromatic heterocycles. The van der Waals surface area contributed by atoms with E-state index in [0.717, 1.165) is 23.9 Å². The normalized spacial score (nSPS) is 15.6. The summed E-state index contributed by atoms with van der Waals surface area (Å²) < 4.78 is 0. The fourth-order valence-corrected chi connectivity index (χ4v) is 3.14. The lowest BCUT2D eigenvalue weighted by Crippen LogP contribution is -2.32. The number of para-hydroxylation sites is 1. The Labute approximate surface area is 129 Å². The summed E-state index contributed by atoms with van der Waals surface area (Å²) in [6.45, 7) is 0.697. The van der Waals surface area contributed by atoms with Crippen molar-refractivity contribution >= 4 is 16.8 Å². The van der Waals surface area contributed by atoms with Gasteiger partial charge in [-0.2, -0.15) is 0 Å². The highest BCUT2D eigenvalue weighted by Gasteiger charge is 2.45. The summed E-state index contributed by atoms with van der Waals surface area (Å²) in [5.74, 6) is 0.00622. The zero-order valence-electron chi connectivity index (χ0n) is 12.3. The number of rotatable bonds is 4. The molecule has 0 unspecified atom stereocenters. The summed E-state index contributed by atoms with van der Waals surface area (Å²) in [6.07, 6.45) is 4.36. The molecule has 2 aromatic carbocycles. The molecule has 1 saturated carbocycles. The first-order valence-corrected chi connectivity index (χ1v) is 7.68. The molecule has 1 aliphatic rings. The minimum Gasteiger partial charge on any atom is -0.361 e. The highest BCUT2D eigenvalue weighted by Crippen LogP contribution is 2.49. The van der Waals surface area contributed by atoms with Crippen LogP contribution in [0.1, 0.15) is 28.8 Å². The van der Waals surface area contributed by atoms with Crippen molar-refractivity contribution in [2.75, 3.05) is 6.54 Å². The van der Waals surface area contributed by atoms with E-state index in [-0.39, 0.29) is 11.3 Å². The second-order valence-electron chi connectivity index (χ2n) is 6.08. The first-order valence-electron chi connectivity index (χ1n) is 7.68. The van der Waals surface area contributed by atoms with Gasteiger partial charge in [0.15, 0.2) is 0 Å². The Hall–Kier alpha value is -2.55. The minimum absolute atomic E-state index is 0.00622. The number of benzene rings is 2. The third kappa shape index (κ3) is 2.19. The Bertz CT molecular complexity index is 816. The fourth-order valence-electron chi connectivity index (χ4n) is 3.14. The summed E-state index contributed by atoms with van der Waals surface area (Å²) in [4.78, 5) is 15.6. The number of aromatic amines is 1. The average molecular weight is 290 g/mol. The van der Waals surface area contributed by atoms with Gasteiger partial charge < -0.3 is 10.3 Å². The molecule has 0 bridgehead atoms. The SMILES string of the molecule is O=C(NCC1(c2c[nH]c3ccccc23)CC1)c1ccccc1. The van der Waals surface area contributed by atoms with Crippen molar-refractivity contribution in [1.29, 1.82) is 0 Å². The van der Waals surface area contributed by atoms with Gasteiger partial charge in [-0.05, 0) is 36.6 Å². The monoisotopic (exact) mass is 290 g/mol. The largest absolute Gasteiger partial charge is 0.361 e. The van der Waals surface area contributed by atoms with Gasteiger partial charge in [0.2, 0.25) is 0 Å². The van der Waals surface area contributed by atoms with E-state index >= 15 is 0 Å². The second-order valence-corrected chi connectivity index (χ2v) is 6.08. The predicted molar refractivity (Wildman–Crippen MR) is 88.0 cm³/mol. The lowest BCUT2D eigenvalue weighted by Gasteiger charge is -2.16. The molecule has 0 aliphatic heterocycles. The number of amides is 1. The van der Waals surface area contributed by atoms with Crippen molar-refractivity contribution in [3.8, 4) is 0 Å². The molecule has 2 N–H and O–H groups in total. The van der Waals surface area contributed by atoms with Crippen molar-refractivity contribution < 1.29 is 4.79 Å². The number of fused-ring (bicyclic) bond motifs is 1. The summed E-state index contributed by atoms with van der Waals surface area (Å²) in [6, 6.07) is 17.8. The van der Waals surface area contributed by atoms with E-state index in [4.69, 9.17) is 0 Å². The van der Waals surface area contributed by atoms with Crippen molar-refractivity contribution in [1.82, 2.24) is 10.3 Å². The van der Waals surface area contributed by atoms with E-state index in [1.165, 1.54) is 10.9 Å². The lowest BCUT2D eigenvalue weighted by molar-refractivity contribution is 0.0949. The van der Waals surface area contributed by atoms with Crippen LogP contribution in [0.15, 0.2) is 60.8 Å². The number of carbonyl (C=O) groups excluding carboxylic acids is 1. The molecular formula is C19H18N2O. The van der Waals surface area contributed by atoms with Crippen molar-refractivity contribution in [3.63, 3.8) is 0 Å². The van der Waals surface area contributed by atoms with Gasteiger partial charge in [0.25, 0.3) is 5.91 Å². The van der Waals surface area contributed by atoms with Crippen molar-refractivity contribution in [2.45, 2.75) is 18.3 Å². The summed E-state index contributed by atoms with van der Waals surface area (Å²) >= 11 is 0. The molecule has 0 atom stereocenters. The topological polar surface area (TPSA) is 44.9 Å². The van der Waals surface area contributed by atoms with Gasteiger partial charge in [-0.25, -0.2) is 0 Å². The second kappa shape index (κ2) is 5.02. The highest BCUT2D eigenvalue weighted by molar-refractivity contribution is 5.94. The van der Waals surface area contributed by atoms with Gasteiger partial charge in [-0.15, -0.1) is 0 Å². The molecule has 110 valence electrons. The van der Waals surface area contributed by atoms with E-state index in [9.17, 15) is 4.79 Å². The van der Waals surface area contributed by atoms with Gasteiger partial charge >= 0.3 is 0 Å². The Morgan fingerprint density at radius 2 is 1.77 bits per heavy atom. The third-order valence-corrected chi connectivity index (χ3v) is 4.64. The van der Waals surface area contributed by atoms with E-state index in [2.05, 4.69) is 34.7 Å². The van der Waals surface area contributed by atoms with Crippen molar-refractivity contribution in [3.05, 3.63) is 71.9 Å². The van der Waals surface area contributed by atoms with Gasteiger partial charge in [-0.1, -0.05) is 36.4 Å². The standard InChI is InChI=1S/C19H18N2O/c22-18(14-6-2-1-3-7-14)21-13-19(10-11-19)16-12-20-17-9-5-4-8-15(16)17/h1-9,12,20H,10-11,13H2,(H,21,22). The van der Waals surface area contributed by atoms with Crippen LogP contribution < -0.4 is 5.32 Å². The number of H-pyrrole nitrogens is 1. The highest BCUT2D eigenvalue weighted by atomic mass is 16.1. The maximum atomic E-state index is 12.2. The minimum atomic E-state index is 0.00622. The van der Waals surface area contributed by atoms with Crippen LogP contribution in [0, 0.1) is 0 Å². The fraction of sp³-hybridized carbons (Fsp3) is 0.211. The van der Waals surface area contributed by atoms with Crippen molar-refractivity contribution in [2.24, 2.45) is 0 Å². The smallest absolute Gasteiger partial charge is 0.251 e. The first kappa shape index (κ1) is 13.1. The Kier molecular flexibility index (Phi) is 3.00. The molecule has 0 spiro atoms. The zero-order chi connectivity index (χ0) is 15.0. The van der Waals surface area contributed by atoms with Crippen LogP contribution in [0.3, 0.4) is 0 Å². The van der Waals surface area contributed by atoms with Crippen LogP contribution in [-0.2, 0) is 5.41 Å². The van der Waals surface area contributed by atoms with E-state index in [1.54, 1.807) is 0 Å². The van der Waals surface area contributed by atoms with Crippen LogP contribution >= 0.6 is 0 Å². The molecule has 3 nitrogen and oxygen atoms in total. The number of carbonyl (C=O) groups is 1. The van der Waals surface area contributed by atoms with Crippen LogP contribution in [0.4, 0.5) is 0 Å². The molecule has 1 aliphatic carbocycles. The van der Waals surface area contributed by atoms with E-state index in [1.807, 2.05) is 36.4 Å². The van der Waals surface area contributed by atoms with Gasteiger partial charge in [0.05, 0.1) is 0 Å². The summed E-state index contributed by atoms with van der Waals surface area (Å²) in [7, 11) is 0. The van der Waals surface area contributed by atoms with Crippen LogP contribution in [-0.4, -0.2) is 17.4 Å². The van der Waals surface area contributed by atoms with Crippen LogP contribution in [0.25, 0.3) is 10.9 Å². The lowest BCUT2D eigenvalue weighted by atomic mass is 9.95. The summed E-state index contributed by atoms with van der Waals surface area (Å²) in [5.41, 5.74) is 3.32. The number of nitrogens with one attached hydrogen (secondary N) is 2. The number of hydrogen-bond donors (Lipinski definition) is 2. The Morgan fingerprint density at radius 3 is 2.55 bits per heavy atom. The summed E-state index contributed by atoms with van der Waals surface area (Å²) in [5, 5.41) is 4.37. The maximum absolute atomic E-state index is 12.2. The van der Waals surface area contributed by atoms with E-state index in [0.29, 0.717) is 6.54 Å².